The van der Waals surface area contributed by atoms with Crippen molar-refractivity contribution in [2.24, 2.45) is 5.92 Å². The quantitative estimate of drug-likeness (QED) is 0.595. The lowest BCUT2D eigenvalue weighted by atomic mass is 10.00. The molecule has 0 aromatic rings. The van der Waals surface area contributed by atoms with E-state index in [1.54, 1.807) is 6.92 Å². The maximum Gasteiger partial charge on any atom is 0.138 e. The first-order valence-electron chi connectivity index (χ1n) is 4.08. The van der Waals surface area contributed by atoms with Gasteiger partial charge in [0, 0.05) is 5.03 Å². The topological polar surface area (TPSA) is 17.1 Å². The first-order valence-corrected chi connectivity index (χ1v) is 4.45. The summed E-state index contributed by atoms with van der Waals surface area (Å²) < 4.78 is 0. The number of hydrogen-bond acceptors (Lipinski definition) is 1. The molecule has 1 rings (SSSR count). The molecule has 0 spiro atoms. The lowest BCUT2D eigenvalue weighted by Crippen LogP contribution is -2.09. The summed E-state index contributed by atoms with van der Waals surface area (Å²) in [5.74, 6) is 0.201. The summed E-state index contributed by atoms with van der Waals surface area (Å²) in [5, 5.41) is 0.759. The Morgan fingerprint density at radius 3 is 3.00 bits per heavy atom. The SMILES string of the molecule is CC(=O)C1CCCCC=C1Cl. The zero-order valence-electron chi connectivity index (χ0n) is 6.77. The molecule has 62 valence electrons. The lowest BCUT2D eigenvalue weighted by molar-refractivity contribution is -0.119. The van der Waals surface area contributed by atoms with E-state index >= 15 is 0 Å². The molecule has 1 unspecified atom stereocenters. The number of Topliss-reactive ketones (excluding diaryl/α,β-unsaturated/α-hetero) is 1. The third kappa shape index (κ3) is 2.33. The van der Waals surface area contributed by atoms with Gasteiger partial charge < -0.3 is 0 Å². The largest absolute Gasteiger partial charge is 0.299 e. The molecule has 11 heavy (non-hydrogen) atoms. The predicted octanol–water partition coefficient (Wildman–Crippen LogP) is 2.89. The highest BCUT2D eigenvalue weighted by Crippen LogP contribution is 2.27. The average Bonchev–Trinajstić information content (AvgIpc) is 2.13. The van der Waals surface area contributed by atoms with Crippen molar-refractivity contribution in [1.29, 1.82) is 0 Å². The molecular formula is C9H13ClO. The highest BCUT2D eigenvalue weighted by atomic mass is 35.5. The van der Waals surface area contributed by atoms with Crippen molar-refractivity contribution in [3.8, 4) is 0 Å². The highest BCUT2D eigenvalue weighted by molar-refractivity contribution is 6.31. The van der Waals surface area contributed by atoms with Crippen LogP contribution in [-0.2, 0) is 4.79 Å². The van der Waals surface area contributed by atoms with E-state index in [-0.39, 0.29) is 11.7 Å². The van der Waals surface area contributed by atoms with E-state index in [4.69, 9.17) is 11.6 Å². The highest BCUT2D eigenvalue weighted by Gasteiger charge is 2.18. The zero-order chi connectivity index (χ0) is 8.27. The van der Waals surface area contributed by atoms with Crippen molar-refractivity contribution >= 4 is 17.4 Å². The van der Waals surface area contributed by atoms with Crippen LogP contribution in [0, 0.1) is 5.92 Å². The molecule has 1 aliphatic carbocycles. The monoisotopic (exact) mass is 172 g/mol. The molecule has 0 aromatic carbocycles. The van der Waals surface area contributed by atoms with Crippen molar-refractivity contribution in [3.05, 3.63) is 11.1 Å². The maximum absolute atomic E-state index is 11.0. The first kappa shape index (κ1) is 8.79. The fourth-order valence-electron chi connectivity index (χ4n) is 1.41. The number of carbonyl (C=O) groups is 1. The smallest absolute Gasteiger partial charge is 0.138 e. The summed E-state index contributed by atoms with van der Waals surface area (Å²) in [6, 6.07) is 0. The van der Waals surface area contributed by atoms with Crippen molar-refractivity contribution in [3.63, 3.8) is 0 Å². The van der Waals surface area contributed by atoms with Gasteiger partial charge in [0.15, 0.2) is 0 Å². The number of hydrogen-bond donors (Lipinski definition) is 0. The standard InChI is InChI=1S/C9H13ClO/c1-7(11)8-5-3-2-4-6-9(8)10/h6,8H,2-5H2,1H3. The summed E-state index contributed by atoms with van der Waals surface area (Å²) in [5.41, 5.74) is 0. The van der Waals surface area contributed by atoms with E-state index in [0.29, 0.717) is 0 Å². The van der Waals surface area contributed by atoms with Crippen LogP contribution in [0.1, 0.15) is 32.6 Å². The molecule has 0 N–H and O–H groups in total. The van der Waals surface area contributed by atoms with Crippen molar-refractivity contribution in [2.75, 3.05) is 0 Å². The molecule has 0 amide bonds. The van der Waals surface area contributed by atoms with Gasteiger partial charge in [-0.2, -0.15) is 0 Å². The molecular weight excluding hydrogens is 160 g/mol. The fourth-order valence-corrected chi connectivity index (χ4v) is 1.78. The van der Waals surface area contributed by atoms with Gasteiger partial charge in [-0.1, -0.05) is 24.1 Å². The molecule has 2 heteroatoms. The number of allylic oxidation sites excluding steroid dienone is 2. The van der Waals surface area contributed by atoms with Gasteiger partial charge in [0.1, 0.15) is 5.78 Å². The molecule has 0 bridgehead atoms. The van der Waals surface area contributed by atoms with Crippen LogP contribution in [0.5, 0.6) is 0 Å². The number of ketones is 1. The molecule has 0 saturated carbocycles. The van der Waals surface area contributed by atoms with Crippen LogP contribution < -0.4 is 0 Å². The van der Waals surface area contributed by atoms with E-state index in [9.17, 15) is 4.79 Å². The minimum Gasteiger partial charge on any atom is -0.299 e. The number of rotatable bonds is 1. The fraction of sp³-hybridized carbons (Fsp3) is 0.667. The second kappa shape index (κ2) is 3.91. The van der Waals surface area contributed by atoms with Gasteiger partial charge in [-0.25, -0.2) is 0 Å². The van der Waals surface area contributed by atoms with Crippen molar-refractivity contribution in [1.82, 2.24) is 0 Å². The summed E-state index contributed by atoms with van der Waals surface area (Å²) in [7, 11) is 0. The lowest BCUT2D eigenvalue weighted by Gasteiger charge is -2.08. The molecule has 1 nitrogen and oxygen atoms in total. The van der Waals surface area contributed by atoms with Crippen LogP contribution in [0.3, 0.4) is 0 Å². The van der Waals surface area contributed by atoms with Crippen LogP contribution in [0.15, 0.2) is 11.1 Å². The average molecular weight is 173 g/mol. The molecule has 0 heterocycles. The van der Waals surface area contributed by atoms with Crippen LogP contribution in [0.25, 0.3) is 0 Å². The molecule has 0 radical (unpaired) electrons. The Bertz CT molecular complexity index is 184. The molecule has 0 saturated heterocycles. The van der Waals surface area contributed by atoms with Gasteiger partial charge in [0.2, 0.25) is 0 Å². The Labute approximate surface area is 72.4 Å². The Morgan fingerprint density at radius 1 is 1.64 bits per heavy atom. The Balaban J connectivity index is 2.67. The second-order valence-corrected chi connectivity index (χ2v) is 3.47. The number of halogens is 1. The van der Waals surface area contributed by atoms with Crippen LogP contribution in [0.2, 0.25) is 0 Å². The van der Waals surface area contributed by atoms with E-state index in [1.165, 1.54) is 6.42 Å². The molecule has 0 aromatic heterocycles. The van der Waals surface area contributed by atoms with E-state index in [0.717, 1.165) is 24.3 Å². The van der Waals surface area contributed by atoms with Crippen LogP contribution in [-0.4, -0.2) is 5.78 Å². The van der Waals surface area contributed by atoms with Crippen molar-refractivity contribution < 1.29 is 4.79 Å². The van der Waals surface area contributed by atoms with Gasteiger partial charge in [-0.05, 0) is 26.2 Å². The van der Waals surface area contributed by atoms with E-state index in [1.807, 2.05) is 6.08 Å². The van der Waals surface area contributed by atoms with Gasteiger partial charge in [-0.3, -0.25) is 4.79 Å². The Hall–Kier alpha value is -0.300. The van der Waals surface area contributed by atoms with Crippen LogP contribution in [0.4, 0.5) is 0 Å². The van der Waals surface area contributed by atoms with E-state index in [2.05, 4.69) is 0 Å². The minimum absolute atomic E-state index is 0.000772. The van der Waals surface area contributed by atoms with E-state index < -0.39 is 0 Å². The first-order chi connectivity index (χ1) is 5.22. The Kier molecular flexibility index (Phi) is 3.13. The summed E-state index contributed by atoms with van der Waals surface area (Å²) in [4.78, 5) is 11.0. The van der Waals surface area contributed by atoms with Crippen LogP contribution >= 0.6 is 11.6 Å². The normalized spacial score (nSPS) is 25.6. The summed E-state index contributed by atoms with van der Waals surface area (Å²) in [6.45, 7) is 1.62. The van der Waals surface area contributed by atoms with Gasteiger partial charge in [-0.15, -0.1) is 0 Å². The van der Waals surface area contributed by atoms with Gasteiger partial charge in [0.25, 0.3) is 0 Å². The molecule has 0 fully saturated rings. The molecule has 1 atom stereocenters. The maximum atomic E-state index is 11.0. The molecule has 0 aliphatic heterocycles. The van der Waals surface area contributed by atoms with Crippen molar-refractivity contribution in [2.45, 2.75) is 32.6 Å². The Morgan fingerprint density at radius 2 is 2.36 bits per heavy atom. The summed E-state index contributed by atoms with van der Waals surface area (Å²) in [6.07, 6.45) is 6.24. The predicted molar refractivity (Wildman–Crippen MR) is 46.6 cm³/mol. The summed E-state index contributed by atoms with van der Waals surface area (Å²) >= 11 is 5.92. The number of carbonyl (C=O) groups excluding carboxylic acids is 1. The van der Waals surface area contributed by atoms with Gasteiger partial charge >= 0.3 is 0 Å². The molecule has 1 aliphatic rings. The van der Waals surface area contributed by atoms with Gasteiger partial charge in [0.05, 0.1) is 5.92 Å². The zero-order valence-corrected chi connectivity index (χ0v) is 7.53. The third-order valence-electron chi connectivity index (χ3n) is 2.11. The third-order valence-corrected chi connectivity index (χ3v) is 2.53. The minimum atomic E-state index is -0.000772. The second-order valence-electron chi connectivity index (χ2n) is 3.04.